The average molecular weight is 580 g/mol. The minimum Gasteiger partial charge on any atom is -0.473 e. The molecule has 0 spiro atoms. The van der Waals surface area contributed by atoms with Crippen LogP contribution in [0, 0.1) is 17.1 Å². The van der Waals surface area contributed by atoms with Gasteiger partial charge in [-0.1, -0.05) is 12.1 Å². The van der Waals surface area contributed by atoms with E-state index in [0.717, 1.165) is 80.2 Å². The predicted molar refractivity (Wildman–Crippen MR) is 154 cm³/mol. The van der Waals surface area contributed by atoms with Crippen molar-refractivity contribution in [3.8, 4) is 23.3 Å². The zero-order valence-electron chi connectivity index (χ0n) is 23.5. The van der Waals surface area contributed by atoms with Crippen LogP contribution in [0.15, 0.2) is 54.6 Å². The number of rotatable bonds is 9. The molecule has 0 bridgehead atoms. The second-order valence-corrected chi connectivity index (χ2v) is 11.0. The van der Waals surface area contributed by atoms with E-state index in [4.69, 9.17) is 24.7 Å². The van der Waals surface area contributed by atoms with E-state index in [9.17, 15) is 4.39 Å². The Morgan fingerprint density at radius 2 is 1.95 bits per heavy atom. The standard InChI is InChI=1S/C31H30FN9O2/c32-25-14-20(16-33)4-5-23(25)19-43-30-3-1-2-26(35-30)21-8-11-40(12-9-21)18-29-34-27-7-6-22(31-36-38-39-37-31)15-28(27)41(29)17-24-10-13-42-24/h1-7,14-15,21,24H,8-13,17-19H2,(H,36,37,38,39)/t24-/m0/s1. The largest absolute Gasteiger partial charge is 0.473 e. The molecule has 5 heterocycles. The highest BCUT2D eigenvalue weighted by Gasteiger charge is 2.26. The highest BCUT2D eigenvalue weighted by atomic mass is 19.1. The van der Waals surface area contributed by atoms with Crippen molar-refractivity contribution in [1.82, 2.24) is 40.1 Å². The van der Waals surface area contributed by atoms with Crippen LogP contribution >= 0.6 is 0 Å². The van der Waals surface area contributed by atoms with Crippen molar-refractivity contribution in [2.75, 3.05) is 19.7 Å². The summed E-state index contributed by atoms with van der Waals surface area (Å²) in [4.78, 5) is 12.2. The lowest BCUT2D eigenvalue weighted by Gasteiger charge is -2.32. The van der Waals surface area contributed by atoms with Gasteiger partial charge >= 0.3 is 0 Å². The lowest BCUT2D eigenvalue weighted by atomic mass is 9.93. The summed E-state index contributed by atoms with van der Waals surface area (Å²) in [5.74, 6) is 1.91. The fourth-order valence-electron chi connectivity index (χ4n) is 5.76. The number of hydrogen-bond donors (Lipinski definition) is 1. The van der Waals surface area contributed by atoms with Gasteiger partial charge in [0.2, 0.25) is 11.7 Å². The van der Waals surface area contributed by atoms with Gasteiger partial charge in [-0.15, -0.1) is 10.2 Å². The molecule has 7 rings (SSSR count). The number of aromatic nitrogens is 7. The second kappa shape index (κ2) is 11.9. The number of nitrogens with one attached hydrogen (secondary N) is 1. The summed E-state index contributed by atoms with van der Waals surface area (Å²) >= 11 is 0. The molecular formula is C31H30FN9O2. The van der Waals surface area contributed by atoms with Crippen LogP contribution < -0.4 is 4.74 Å². The lowest BCUT2D eigenvalue weighted by molar-refractivity contribution is -0.0592. The van der Waals surface area contributed by atoms with Crippen LogP contribution in [0.1, 0.15) is 47.8 Å². The Morgan fingerprint density at radius 1 is 1.07 bits per heavy atom. The minimum absolute atomic E-state index is 0.0515. The highest BCUT2D eigenvalue weighted by molar-refractivity contribution is 5.81. The summed E-state index contributed by atoms with van der Waals surface area (Å²) < 4.78 is 28.2. The van der Waals surface area contributed by atoms with E-state index in [1.807, 2.05) is 30.3 Å². The number of likely N-dealkylation sites (tertiary alicyclic amines) is 1. The van der Waals surface area contributed by atoms with Crippen molar-refractivity contribution < 1.29 is 13.9 Å². The number of aromatic amines is 1. The second-order valence-electron chi connectivity index (χ2n) is 11.0. The maximum absolute atomic E-state index is 14.3. The number of tetrazole rings is 1. The number of fused-ring (bicyclic) bond motifs is 1. The molecule has 2 saturated heterocycles. The van der Waals surface area contributed by atoms with Crippen molar-refractivity contribution in [2.45, 2.75) is 51.0 Å². The fraction of sp³-hybridized carbons (Fsp3) is 0.355. The number of H-pyrrole nitrogens is 1. The van der Waals surface area contributed by atoms with Gasteiger partial charge in [0.25, 0.3) is 0 Å². The number of hydrogen-bond acceptors (Lipinski definition) is 9. The average Bonchev–Trinajstić information content (AvgIpc) is 3.67. The molecule has 11 nitrogen and oxygen atoms in total. The van der Waals surface area contributed by atoms with E-state index < -0.39 is 5.82 Å². The smallest absolute Gasteiger partial charge is 0.213 e. The Morgan fingerprint density at radius 3 is 2.70 bits per heavy atom. The van der Waals surface area contributed by atoms with Crippen LogP contribution in [0.4, 0.5) is 4.39 Å². The van der Waals surface area contributed by atoms with E-state index in [1.54, 1.807) is 18.2 Å². The molecule has 0 saturated carbocycles. The summed E-state index contributed by atoms with van der Waals surface area (Å²) in [5.41, 5.74) is 4.54. The number of nitriles is 1. The molecule has 0 unspecified atom stereocenters. The van der Waals surface area contributed by atoms with Crippen LogP contribution in [0.2, 0.25) is 0 Å². The Bertz CT molecular complexity index is 1770. The molecule has 2 aromatic carbocycles. The predicted octanol–water partition coefficient (Wildman–Crippen LogP) is 4.37. The quantitative estimate of drug-likeness (QED) is 0.270. The molecule has 0 radical (unpaired) electrons. The molecule has 218 valence electrons. The van der Waals surface area contributed by atoms with Crippen molar-refractivity contribution in [2.24, 2.45) is 0 Å². The Balaban J connectivity index is 1.01. The molecule has 2 fully saturated rings. The topological polar surface area (TPSA) is 131 Å². The number of nitrogens with zero attached hydrogens (tertiary/aromatic N) is 8. The van der Waals surface area contributed by atoms with Crippen molar-refractivity contribution in [3.05, 3.63) is 83.1 Å². The van der Waals surface area contributed by atoms with Gasteiger partial charge in [-0.2, -0.15) is 10.5 Å². The van der Waals surface area contributed by atoms with Gasteiger partial charge in [0, 0.05) is 35.4 Å². The van der Waals surface area contributed by atoms with Gasteiger partial charge in [0.05, 0.1) is 41.9 Å². The first-order valence-corrected chi connectivity index (χ1v) is 14.5. The molecule has 1 atom stereocenters. The molecule has 1 N–H and O–H groups in total. The van der Waals surface area contributed by atoms with Gasteiger partial charge < -0.3 is 14.0 Å². The number of benzene rings is 2. The molecule has 3 aromatic heterocycles. The molecule has 0 amide bonds. The third kappa shape index (κ3) is 5.82. The maximum Gasteiger partial charge on any atom is 0.213 e. The highest BCUT2D eigenvalue weighted by Crippen LogP contribution is 2.30. The Labute approximate surface area is 247 Å². The number of pyridine rings is 1. The zero-order valence-corrected chi connectivity index (χ0v) is 23.5. The van der Waals surface area contributed by atoms with Gasteiger partial charge in [0.1, 0.15) is 18.2 Å². The van der Waals surface area contributed by atoms with Crippen LogP contribution in [0.5, 0.6) is 5.88 Å². The van der Waals surface area contributed by atoms with Crippen molar-refractivity contribution >= 4 is 11.0 Å². The van der Waals surface area contributed by atoms with Crippen LogP contribution in [0.25, 0.3) is 22.4 Å². The summed E-state index contributed by atoms with van der Waals surface area (Å²) in [7, 11) is 0. The fourth-order valence-corrected chi connectivity index (χ4v) is 5.76. The molecule has 2 aliphatic heterocycles. The molecule has 12 heteroatoms. The number of imidazole rings is 1. The van der Waals surface area contributed by atoms with Gasteiger partial charge in [-0.25, -0.2) is 14.4 Å². The van der Waals surface area contributed by atoms with Gasteiger partial charge in [-0.05, 0) is 74.0 Å². The third-order valence-corrected chi connectivity index (χ3v) is 8.28. The molecule has 2 aliphatic rings. The lowest BCUT2D eigenvalue weighted by Crippen LogP contribution is -2.35. The first-order valence-electron chi connectivity index (χ1n) is 14.5. The molecule has 43 heavy (non-hydrogen) atoms. The zero-order chi connectivity index (χ0) is 29.2. The summed E-state index contributed by atoms with van der Waals surface area (Å²) in [5, 5.41) is 23.4. The third-order valence-electron chi connectivity index (χ3n) is 8.28. The summed E-state index contributed by atoms with van der Waals surface area (Å²) in [6.07, 6.45) is 3.18. The van der Waals surface area contributed by atoms with Gasteiger partial charge in [0.15, 0.2) is 0 Å². The van der Waals surface area contributed by atoms with E-state index in [1.165, 1.54) is 6.07 Å². The first kappa shape index (κ1) is 27.1. The van der Waals surface area contributed by atoms with Crippen LogP contribution in [-0.2, 0) is 24.4 Å². The Hall–Kier alpha value is -4.73. The number of ether oxygens (including phenoxy) is 2. The van der Waals surface area contributed by atoms with Crippen molar-refractivity contribution in [1.29, 1.82) is 5.26 Å². The number of piperidine rings is 1. The SMILES string of the molecule is N#Cc1ccc(COc2cccc(C3CCN(Cc4nc5ccc(-c6nn[nH]n6)cc5n4C[C@@H]4CCO4)CC3)n2)c(F)c1. The molecule has 5 aromatic rings. The minimum atomic E-state index is -0.455. The van der Waals surface area contributed by atoms with E-state index in [2.05, 4.69) is 36.2 Å². The maximum atomic E-state index is 14.3. The first-order chi connectivity index (χ1) is 21.1. The monoisotopic (exact) mass is 579 g/mol. The molecule has 0 aliphatic carbocycles. The van der Waals surface area contributed by atoms with Gasteiger partial charge in [-0.3, -0.25) is 4.90 Å². The molecular weight excluding hydrogens is 549 g/mol. The van der Waals surface area contributed by atoms with E-state index in [-0.39, 0.29) is 18.3 Å². The van der Waals surface area contributed by atoms with Crippen LogP contribution in [0.3, 0.4) is 0 Å². The van der Waals surface area contributed by atoms with Crippen LogP contribution in [-0.4, -0.2) is 65.9 Å². The summed E-state index contributed by atoms with van der Waals surface area (Å²) in [6.45, 7) is 4.21. The normalized spacial score (nSPS) is 17.5. The summed E-state index contributed by atoms with van der Waals surface area (Å²) in [6, 6.07) is 18.2. The van der Waals surface area contributed by atoms with E-state index in [0.29, 0.717) is 23.2 Å². The van der Waals surface area contributed by atoms with Crippen molar-refractivity contribution in [3.63, 3.8) is 0 Å². The van der Waals surface area contributed by atoms with E-state index >= 15 is 0 Å². The Kier molecular flexibility index (Phi) is 7.49. The number of halogens is 1.